The van der Waals surface area contributed by atoms with Crippen molar-refractivity contribution >= 4 is 9.84 Å². The maximum atomic E-state index is 11.5. The normalized spacial score (nSPS) is 20.7. The second-order valence-corrected chi connectivity index (χ2v) is 7.82. The summed E-state index contributed by atoms with van der Waals surface area (Å²) in [6.45, 7) is 4.50. The van der Waals surface area contributed by atoms with Crippen molar-refractivity contribution in [3.05, 3.63) is 23.8 Å². The number of hydrogen-bond donors (Lipinski definition) is 1. The van der Waals surface area contributed by atoms with E-state index in [9.17, 15) is 8.42 Å². The quantitative estimate of drug-likeness (QED) is 0.867. The zero-order valence-corrected chi connectivity index (χ0v) is 13.6. The van der Waals surface area contributed by atoms with Crippen LogP contribution in [0.5, 0.6) is 11.5 Å². The number of rotatable bonds is 6. The topological polar surface area (TPSA) is 64.6 Å². The summed E-state index contributed by atoms with van der Waals surface area (Å²) in [5.41, 5.74) is 0.979. The Morgan fingerprint density at radius 3 is 2.71 bits per heavy atom. The molecule has 1 saturated heterocycles. The molecule has 6 heteroatoms. The van der Waals surface area contributed by atoms with Crippen molar-refractivity contribution < 1.29 is 17.9 Å². The van der Waals surface area contributed by atoms with Gasteiger partial charge in [-0.3, -0.25) is 0 Å². The second kappa shape index (κ2) is 6.66. The van der Waals surface area contributed by atoms with Gasteiger partial charge in [-0.2, -0.15) is 0 Å². The van der Waals surface area contributed by atoms with E-state index in [1.807, 2.05) is 32.0 Å². The fourth-order valence-electron chi connectivity index (χ4n) is 2.44. The highest BCUT2D eigenvalue weighted by molar-refractivity contribution is 7.91. The summed E-state index contributed by atoms with van der Waals surface area (Å²) in [5, 5.41) is 3.30. The van der Waals surface area contributed by atoms with Crippen molar-refractivity contribution in [3.8, 4) is 11.5 Å². The Morgan fingerprint density at radius 1 is 1.38 bits per heavy atom. The molecule has 1 aliphatic rings. The Balaban J connectivity index is 2.09. The molecule has 1 N–H and O–H groups in total. The fourth-order valence-corrected chi connectivity index (χ4v) is 4.15. The van der Waals surface area contributed by atoms with Crippen LogP contribution >= 0.6 is 0 Å². The largest absolute Gasteiger partial charge is 0.493 e. The number of para-hydroxylation sites is 1. The van der Waals surface area contributed by atoms with E-state index in [1.165, 1.54) is 0 Å². The predicted molar refractivity (Wildman–Crippen MR) is 82.7 cm³/mol. The average Bonchev–Trinajstić information content (AvgIpc) is 2.76. The van der Waals surface area contributed by atoms with Crippen LogP contribution in [0.2, 0.25) is 0 Å². The second-order valence-electron chi connectivity index (χ2n) is 5.60. The number of sulfone groups is 1. The first-order valence-electron chi connectivity index (χ1n) is 7.17. The van der Waals surface area contributed by atoms with Crippen LogP contribution < -0.4 is 14.8 Å². The summed E-state index contributed by atoms with van der Waals surface area (Å²) in [7, 11) is -1.25. The Kier molecular flexibility index (Phi) is 5.11. The third kappa shape index (κ3) is 4.35. The van der Waals surface area contributed by atoms with Gasteiger partial charge in [0.1, 0.15) is 0 Å². The van der Waals surface area contributed by atoms with E-state index in [1.54, 1.807) is 7.11 Å². The van der Waals surface area contributed by atoms with E-state index in [0.29, 0.717) is 18.7 Å². The number of ether oxygens (including phenoxy) is 2. The molecule has 1 aromatic rings. The molecule has 0 bridgehead atoms. The number of nitrogens with one attached hydrogen (secondary N) is 1. The summed E-state index contributed by atoms with van der Waals surface area (Å²) in [4.78, 5) is 0. The molecule has 0 aromatic heterocycles. The molecule has 0 saturated carbocycles. The van der Waals surface area contributed by atoms with Crippen LogP contribution in [0, 0.1) is 0 Å². The van der Waals surface area contributed by atoms with Gasteiger partial charge in [-0.15, -0.1) is 0 Å². The SMILES string of the molecule is COc1cccc(CN[C@H]2CCS(=O)(=O)C2)c1OC(C)C. The molecule has 21 heavy (non-hydrogen) atoms. The lowest BCUT2D eigenvalue weighted by Gasteiger charge is -2.19. The molecule has 0 radical (unpaired) electrons. The zero-order valence-electron chi connectivity index (χ0n) is 12.8. The van der Waals surface area contributed by atoms with Gasteiger partial charge in [-0.25, -0.2) is 8.42 Å². The van der Waals surface area contributed by atoms with E-state index in [-0.39, 0.29) is 23.7 Å². The molecule has 0 aliphatic carbocycles. The molecule has 0 unspecified atom stereocenters. The van der Waals surface area contributed by atoms with Crippen LogP contribution in [0.1, 0.15) is 25.8 Å². The molecule has 1 atom stereocenters. The van der Waals surface area contributed by atoms with Gasteiger partial charge in [0.25, 0.3) is 0 Å². The monoisotopic (exact) mass is 313 g/mol. The lowest BCUT2D eigenvalue weighted by molar-refractivity contribution is 0.227. The van der Waals surface area contributed by atoms with E-state index >= 15 is 0 Å². The molecule has 118 valence electrons. The Morgan fingerprint density at radius 2 is 2.14 bits per heavy atom. The highest BCUT2D eigenvalue weighted by atomic mass is 32.2. The van der Waals surface area contributed by atoms with Crippen molar-refractivity contribution in [2.75, 3.05) is 18.6 Å². The van der Waals surface area contributed by atoms with Crippen LogP contribution in [0.25, 0.3) is 0 Å². The van der Waals surface area contributed by atoms with E-state index in [4.69, 9.17) is 9.47 Å². The minimum atomic E-state index is -2.86. The van der Waals surface area contributed by atoms with E-state index < -0.39 is 9.84 Å². The van der Waals surface area contributed by atoms with Crippen LogP contribution in [0.3, 0.4) is 0 Å². The molecular weight excluding hydrogens is 290 g/mol. The lowest BCUT2D eigenvalue weighted by Crippen LogP contribution is -2.29. The van der Waals surface area contributed by atoms with Gasteiger partial charge in [-0.1, -0.05) is 12.1 Å². The number of hydrogen-bond acceptors (Lipinski definition) is 5. The fraction of sp³-hybridized carbons (Fsp3) is 0.600. The van der Waals surface area contributed by atoms with Crippen LogP contribution in [-0.4, -0.2) is 39.2 Å². The number of methoxy groups -OCH3 is 1. The smallest absolute Gasteiger partial charge is 0.166 e. The van der Waals surface area contributed by atoms with E-state index in [0.717, 1.165) is 11.3 Å². The first-order valence-corrected chi connectivity index (χ1v) is 9.00. The molecule has 1 fully saturated rings. The number of benzene rings is 1. The standard InChI is InChI=1S/C15H23NO4S/c1-11(2)20-15-12(5-4-6-14(15)19-3)9-16-13-7-8-21(17,18)10-13/h4-6,11,13,16H,7-10H2,1-3H3/t13-/m0/s1. The van der Waals surface area contributed by atoms with Gasteiger partial charge in [0.05, 0.1) is 24.7 Å². The minimum Gasteiger partial charge on any atom is -0.493 e. The third-order valence-electron chi connectivity index (χ3n) is 3.45. The molecule has 0 spiro atoms. The average molecular weight is 313 g/mol. The zero-order chi connectivity index (χ0) is 15.5. The molecule has 1 heterocycles. The highest BCUT2D eigenvalue weighted by Crippen LogP contribution is 2.32. The van der Waals surface area contributed by atoms with Crippen molar-refractivity contribution in [2.24, 2.45) is 0 Å². The van der Waals surface area contributed by atoms with Gasteiger partial charge in [-0.05, 0) is 26.3 Å². The molecule has 1 aromatic carbocycles. The molecule has 5 nitrogen and oxygen atoms in total. The van der Waals surface area contributed by atoms with Crippen LogP contribution in [0.15, 0.2) is 18.2 Å². The maximum Gasteiger partial charge on any atom is 0.166 e. The highest BCUT2D eigenvalue weighted by Gasteiger charge is 2.27. The van der Waals surface area contributed by atoms with Crippen molar-refractivity contribution in [1.29, 1.82) is 0 Å². The third-order valence-corrected chi connectivity index (χ3v) is 5.22. The lowest BCUT2D eigenvalue weighted by atomic mass is 10.1. The summed E-state index contributed by atoms with van der Waals surface area (Å²) >= 11 is 0. The summed E-state index contributed by atoms with van der Waals surface area (Å²) in [6.07, 6.45) is 0.721. The van der Waals surface area contributed by atoms with Gasteiger partial charge >= 0.3 is 0 Å². The molecular formula is C15H23NO4S. The van der Waals surface area contributed by atoms with Gasteiger partial charge in [0.2, 0.25) is 0 Å². The summed E-state index contributed by atoms with van der Waals surface area (Å²) < 4.78 is 34.1. The van der Waals surface area contributed by atoms with Crippen molar-refractivity contribution in [3.63, 3.8) is 0 Å². The first-order chi connectivity index (χ1) is 9.91. The van der Waals surface area contributed by atoms with Gasteiger partial charge in [0.15, 0.2) is 21.3 Å². The van der Waals surface area contributed by atoms with Crippen molar-refractivity contribution in [1.82, 2.24) is 5.32 Å². The van der Waals surface area contributed by atoms with Crippen LogP contribution in [0.4, 0.5) is 0 Å². The summed E-state index contributed by atoms with van der Waals surface area (Å²) in [6, 6.07) is 5.76. The molecule has 2 rings (SSSR count). The maximum absolute atomic E-state index is 11.5. The first kappa shape index (κ1) is 16.1. The molecule has 0 amide bonds. The van der Waals surface area contributed by atoms with Gasteiger partial charge in [0, 0.05) is 18.2 Å². The van der Waals surface area contributed by atoms with Crippen molar-refractivity contribution in [2.45, 2.75) is 39.0 Å². The predicted octanol–water partition coefficient (Wildman–Crippen LogP) is 1.76. The van der Waals surface area contributed by atoms with Crippen LogP contribution in [-0.2, 0) is 16.4 Å². The minimum absolute atomic E-state index is 0.0214. The van der Waals surface area contributed by atoms with E-state index in [2.05, 4.69) is 5.32 Å². The molecule has 1 aliphatic heterocycles. The Bertz CT molecular complexity index is 583. The Hall–Kier alpha value is -1.27. The Labute approximate surface area is 126 Å². The summed E-state index contributed by atoms with van der Waals surface area (Å²) in [5.74, 6) is 1.92. The van der Waals surface area contributed by atoms with Gasteiger partial charge < -0.3 is 14.8 Å².